The number of anilines is 1. The van der Waals surface area contributed by atoms with Gasteiger partial charge in [0.2, 0.25) is 0 Å². The first-order valence-corrected chi connectivity index (χ1v) is 9.31. The molecule has 1 saturated heterocycles. The number of nitrogens with one attached hydrogen (secondary N) is 1. The number of sulfonamides is 1. The summed E-state index contributed by atoms with van der Waals surface area (Å²) in [5.74, 6) is 0. The summed E-state index contributed by atoms with van der Waals surface area (Å²) in [4.78, 5) is 0.158. The molecule has 1 aromatic carbocycles. The van der Waals surface area contributed by atoms with Crippen LogP contribution in [0.1, 0.15) is 19.3 Å². The van der Waals surface area contributed by atoms with Gasteiger partial charge in [0, 0.05) is 17.8 Å². The number of hydrogen-bond acceptors (Lipinski definition) is 4. The molecule has 0 aliphatic carbocycles. The fourth-order valence-corrected chi connectivity index (χ4v) is 3.66. The van der Waals surface area contributed by atoms with E-state index in [1.165, 1.54) is 18.3 Å². The van der Waals surface area contributed by atoms with Crippen LogP contribution in [-0.4, -0.2) is 30.9 Å². The molecule has 23 heavy (non-hydrogen) atoms. The van der Waals surface area contributed by atoms with Crippen LogP contribution in [0.25, 0.3) is 0 Å². The van der Waals surface area contributed by atoms with Crippen molar-refractivity contribution in [3.63, 3.8) is 0 Å². The van der Waals surface area contributed by atoms with Crippen LogP contribution in [-0.2, 0) is 21.3 Å². The van der Waals surface area contributed by atoms with E-state index in [9.17, 15) is 8.42 Å². The normalized spacial score (nSPS) is 18.7. The number of nitrogens with zero attached hydrogens (tertiary/aromatic N) is 2. The smallest absolute Gasteiger partial charge is 0.261 e. The van der Waals surface area contributed by atoms with Crippen LogP contribution in [0.2, 0.25) is 5.02 Å². The van der Waals surface area contributed by atoms with Crippen molar-refractivity contribution in [2.45, 2.75) is 36.8 Å². The molecule has 1 aromatic heterocycles. The average molecular weight is 356 g/mol. The van der Waals surface area contributed by atoms with Gasteiger partial charge in [-0.05, 0) is 43.5 Å². The number of halogens is 1. The molecule has 1 fully saturated rings. The lowest BCUT2D eigenvalue weighted by Gasteiger charge is -2.22. The Kier molecular flexibility index (Phi) is 4.89. The third-order valence-electron chi connectivity index (χ3n) is 3.67. The molecule has 1 unspecified atom stereocenters. The Hall–Kier alpha value is -1.57. The van der Waals surface area contributed by atoms with E-state index >= 15 is 0 Å². The number of hydrogen-bond donors (Lipinski definition) is 1. The summed E-state index contributed by atoms with van der Waals surface area (Å²) in [7, 11) is -3.64. The van der Waals surface area contributed by atoms with Gasteiger partial charge >= 0.3 is 0 Å². The maximum Gasteiger partial charge on any atom is 0.261 e. The van der Waals surface area contributed by atoms with Crippen molar-refractivity contribution in [3.05, 3.63) is 41.7 Å². The fourth-order valence-electron chi connectivity index (χ4n) is 2.50. The zero-order valence-corrected chi connectivity index (χ0v) is 14.1. The maximum atomic E-state index is 12.3. The molecule has 124 valence electrons. The highest BCUT2D eigenvalue weighted by molar-refractivity contribution is 7.92. The molecule has 2 heterocycles. The summed E-state index contributed by atoms with van der Waals surface area (Å²) in [6.45, 7) is 1.41. The van der Waals surface area contributed by atoms with Gasteiger partial charge in [0.05, 0.1) is 29.4 Å². The molecule has 1 N–H and O–H groups in total. The summed E-state index contributed by atoms with van der Waals surface area (Å²) in [5.41, 5.74) is 0.427. The van der Waals surface area contributed by atoms with Gasteiger partial charge in [0.15, 0.2) is 0 Å². The first-order valence-electron chi connectivity index (χ1n) is 7.45. The monoisotopic (exact) mass is 355 g/mol. The SMILES string of the molecule is O=S(=O)(Nc1cnn(CC2CCCCO2)c1)c1ccc(Cl)cc1. The van der Waals surface area contributed by atoms with Gasteiger partial charge < -0.3 is 4.74 Å². The topological polar surface area (TPSA) is 73.2 Å². The molecule has 0 amide bonds. The molecule has 0 spiro atoms. The van der Waals surface area contributed by atoms with E-state index in [-0.39, 0.29) is 11.0 Å². The first kappa shape index (κ1) is 16.3. The third kappa shape index (κ3) is 4.25. The van der Waals surface area contributed by atoms with Gasteiger partial charge in [0.25, 0.3) is 10.0 Å². The van der Waals surface area contributed by atoms with E-state index in [4.69, 9.17) is 16.3 Å². The van der Waals surface area contributed by atoms with Crippen molar-refractivity contribution in [3.8, 4) is 0 Å². The molecule has 0 saturated carbocycles. The van der Waals surface area contributed by atoms with Gasteiger partial charge in [-0.2, -0.15) is 5.10 Å². The summed E-state index contributed by atoms with van der Waals surface area (Å²) < 4.78 is 34.5. The van der Waals surface area contributed by atoms with Gasteiger partial charge in [-0.3, -0.25) is 9.40 Å². The lowest BCUT2D eigenvalue weighted by Crippen LogP contribution is -2.24. The summed E-state index contributed by atoms with van der Waals surface area (Å²) in [6, 6.07) is 6.01. The molecule has 3 rings (SSSR count). The number of benzene rings is 1. The van der Waals surface area contributed by atoms with E-state index in [0.717, 1.165) is 25.9 Å². The van der Waals surface area contributed by atoms with E-state index in [0.29, 0.717) is 17.3 Å². The summed E-state index contributed by atoms with van der Waals surface area (Å²) >= 11 is 5.78. The molecule has 8 heteroatoms. The zero-order chi connectivity index (χ0) is 16.3. The van der Waals surface area contributed by atoms with Crippen LogP contribution in [0.5, 0.6) is 0 Å². The number of aromatic nitrogens is 2. The van der Waals surface area contributed by atoms with Gasteiger partial charge in [0.1, 0.15) is 0 Å². The minimum Gasteiger partial charge on any atom is -0.376 e. The maximum absolute atomic E-state index is 12.3. The van der Waals surface area contributed by atoms with Gasteiger partial charge in [-0.15, -0.1) is 0 Å². The second-order valence-electron chi connectivity index (χ2n) is 5.50. The van der Waals surface area contributed by atoms with E-state index in [1.807, 2.05) is 0 Å². The second-order valence-corrected chi connectivity index (χ2v) is 7.62. The van der Waals surface area contributed by atoms with Crippen molar-refractivity contribution in [1.29, 1.82) is 0 Å². The highest BCUT2D eigenvalue weighted by atomic mass is 35.5. The van der Waals surface area contributed by atoms with E-state index in [1.54, 1.807) is 23.0 Å². The standard InChI is InChI=1S/C15H18ClN3O3S/c16-12-4-6-15(7-5-12)23(20,21)18-13-9-17-19(10-13)11-14-3-1-2-8-22-14/h4-7,9-10,14,18H,1-3,8,11H2. The van der Waals surface area contributed by atoms with Crippen LogP contribution in [0.15, 0.2) is 41.6 Å². The predicted molar refractivity (Wildman–Crippen MR) is 88.1 cm³/mol. The van der Waals surface area contributed by atoms with E-state index < -0.39 is 10.0 Å². The van der Waals surface area contributed by atoms with Crippen LogP contribution >= 0.6 is 11.6 Å². The third-order valence-corrected chi connectivity index (χ3v) is 5.32. The van der Waals surface area contributed by atoms with Crippen molar-refractivity contribution in [2.75, 3.05) is 11.3 Å². The minimum atomic E-state index is -3.64. The van der Waals surface area contributed by atoms with Gasteiger partial charge in [-0.1, -0.05) is 11.6 Å². The molecule has 1 aliphatic rings. The first-order chi connectivity index (χ1) is 11.0. The van der Waals surface area contributed by atoms with Crippen LogP contribution in [0.3, 0.4) is 0 Å². The number of rotatable bonds is 5. The molecule has 2 aromatic rings. The van der Waals surface area contributed by atoms with Crippen molar-refractivity contribution in [2.24, 2.45) is 0 Å². The van der Waals surface area contributed by atoms with Crippen molar-refractivity contribution >= 4 is 27.3 Å². The van der Waals surface area contributed by atoms with Crippen molar-refractivity contribution < 1.29 is 13.2 Å². The minimum absolute atomic E-state index is 0.143. The summed E-state index contributed by atoms with van der Waals surface area (Å²) in [6.07, 6.45) is 6.57. The molecule has 0 bridgehead atoms. The Bertz CT molecular complexity index is 753. The molecule has 0 radical (unpaired) electrons. The molecular formula is C15H18ClN3O3S. The number of ether oxygens (including phenoxy) is 1. The molecule has 1 atom stereocenters. The lowest BCUT2D eigenvalue weighted by molar-refractivity contribution is 0.00401. The largest absolute Gasteiger partial charge is 0.376 e. The Balaban J connectivity index is 1.67. The Morgan fingerprint density at radius 2 is 2.09 bits per heavy atom. The second kappa shape index (κ2) is 6.90. The van der Waals surface area contributed by atoms with Crippen molar-refractivity contribution in [1.82, 2.24) is 9.78 Å². The summed E-state index contributed by atoms with van der Waals surface area (Å²) in [5, 5.41) is 4.68. The fraction of sp³-hybridized carbons (Fsp3) is 0.400. The zero-order valence-electron chi connectivity index (χ0n) is 12.5. The van der Waals surface area contributed by atoms with Crippen LogP contribution < -0.4 is 4.72 Å². The Morgan fingerprint density at radius 1 is 1.30 bits per heavy atom. The van der Waals surface area contributed by atoms with Crippen LogP contribution in [0, 0.1) is 0 Å². The average Bonchev–Trinajstić information content (AvgIpc) is 2.95. The molecule has 1 aliphatic heterocycles. The highest BCUT2D eigenvalue weighted by Crippen LogP contribution is 2.19. The predicted octanol–water partition coefficient (Wildman–Crippen LogP) is 2.91. The Labute approximate surface area is 140 Å². The van der Waals surface area contributed by atoms with Gasteiger partial charge in [-0.25, -0.2) is 8.42 Å². The Morgan fingerprint density at radius 3 is 2.78 bits per heavy atom. The van der Waals surface area contributed by atoms with E-state index in [2.05, 4.69) is 9.82 Å². The molecule has 6 nitrogen and oxygen atoms in total. The van der Waals surface area contributed by atoms with Crippen LogP contribution in [0.4, 0.5) is 5.69 Å². The highest BCUT2D eigenvalue weighted by Gasteiger charge is 2.17. The lowest BCUT2D eigenvalue weighted by atomic mass is 10.1. The quantitative estimate of drug-likeness (QED) is 0.895. The molecular weight excluding hydrogens is 338 g/mol.